The Hall–Kier alpha value is -1.78. The molecule has 0 aliphatic rings. The van der Waals surface area contributed by atoms with Crippen LogP contribution in [0.5, 0.6) is 5.75 Å². The maximum absolute atomic E-state index is 6.18. The summed E-state index contributed by atoms with van der Waals surface area (Å²) in [6.45, 7) is 2.46. The summed E-state index contributed by atoms with van der Waals surface area (Å²) >= 11 is 0. The topological polar surface area (TPSA) is 57.6 Å². The summed E-state index contributed by atoms with van der Waals surface area (Å²) in [6.07, 6.45) is 2.29. The highest BCUT2D eigenvalue weighted by atomic mass is 16.5. The van der Waals surface area contributed by atoms with Gasteiger partial charge in [0.25, 0.3) is 0 Å². The van der Waals surface area contributed by atoms with Gasteiger partial charge in [-0.2, -0.15) is 0 Å². The third kappa shape index (κ3) is 3.62. The number of benzene rings is 1. The molecule has 2 aromatic rings. The Morgan fingerprint density at radius 3 is 2.75 bits per heavy atom. The number of rotatable bonds is 7. The van der Waals surface area contributed by atoms with Crippen molar-refractivity contribution in [2.45, 2.75) is 32.1 Å². The summed E-state index contributed by atoms with van der Waals surface area (Å²) in [5, 5.41) is 0. The second-order valence-corrected chi connectivity index (χ2v) is 4.66. The van der Waals surface area contributed by atoms with E-state index in [2.05, 4.69) is 0 Å². The van der Waals surface area contributed by atoms with Crippen LogP contribution >= 0.6 is 0 Å². The molecule has 0 radical (unpaired) electrons. The van der Waals surface area contributed by atoms with Crippen molar-refractivity contribution in [3.63, 3.8) is 0 Å². The van der Waals surface area contributed by atoms with Crippen LogP contribution in [0.3, 0.4) is 0 Å². The Bertz CT molecular complexity index is 510. The molecule has 0 aliphatic carbocycles. The van der Waals surface area contributed by atoms with Gasteiger partial charge >= 0.3 is 0 Å². The van der Waals surface area contributed by atoms with E-state index in [1.165, 1.54) is 0 Å². The van der Waals surface area contributed by atoms with E-state index >= 15 is 0 Å². The highest BCUT2D eigenvalue weighted by Crippen LogP contribution is 2.26. The number of nitrogens with two attached hydrogens (primary N) is 1. The van der Waals surface area contributed by atoms with Crippen LogP contribution < -0.4 is 10.5 Å². The number of hydrogen-bond acceptors (Lipinski definition) is 4. The van der Waals surface area contributed by atoms with Crippen LogP contribution in [0.25, 0.3) is 0 Å². The Balaban J connectivity index is 2.13. The lowest BCUT2D eigenvalue weighted by Crippen LogP contribution is -2.29. The summed E-state index contributed by atoms with van der Waals surface area (Å²) in [5.74, 6) is 1.60. The minimum absolute atomic E-state index is 0.0722. The first-order valence-electron chi connectivity index (χ1n) is 6.78. The molecule has 2 atom stereocenters. The largest absolute Gasteiger partial charge is 0.497 e. The molecule has 2 unspecified atom stereocenters. The van der Waals surface area contributed by atoms with Gasteiger partial charge in [0, 0.05) is 6.04 Å². The van der Waals surface area contributed by atoms with E-state index in [-0.39, 0.29) is 12.1 Å². The number of furan rings is 1. The molecule has 20 heavy (non-hydrogen) atoms. The van der Waals surface area contributed by atoms with Crippen molar-refractivity contribution in [2.75, 3.05) is 7.11 Å². The van der Waals surface area contributed by atoms with E-state index in [1.807, 2.05) is 43.3 Å². The van der Waals surface area contributed by atoms with Gasteiger partial charge in [0.2, 0.25) is 0 Å². The van der Waals surface area contributed by atoms with Gasteiger partial charge in [0.1, 0.15) is 18.1 Å². The molecule has 2 rings (SSSR count). The summed E-state index contributed by atoms with van der Waals surface area (Å²) in [4.78, 5) is 0. The molecule has 0 bridgehead atoms. The first-order valence-corrected chi connectivity index (χ1v) is 6.78. The zero-order chi connectivity index (χ0) is 14.4. The standard InChI is InChI=1S/C16H21NO3/c1-3-15(17)16(20-11-14-8-5-9-19-14)12-6-4-7-13(10-12)18-2/h4-10,15-16H,3,11,17H2,1-2H3. The first-order chi connectivity index (χ1) is 9.74. The smallest absolute Gasteiger partial charge is 0.129 e. The number of methoxy groups -OCH3 is 1. The molecule has 108 valence electrons. The molecular formula is C16H21NO3. The molecule has 0 saturated carbocycles. The molecule has 0 amide bonds. The van der Waals surface area contributed by atoms with Crippen LogP contribution in [0.15, 0.2) is 47.1 Å². The van der Waals surface area contributed by atoms with E-state index in [1.54, 1.807) is 13.4 Å². The maximum atomic E-state index is 6.18. The molecule has 0 saturated heterocycles. The van der Waals surface area contributed by atoms with Gasteiger partial charge in [-0.1, -0.05) is 19.1 Å². The van der Waals surface area contributed by atoms with Crippen molar-refractivity contribution in [1.29, 1.82) is 0 Å². The molecule has 4 nitrogen and oxygen atoms in total. The lowest BCUT2D eigenvalue weighted by Gasteiger charge is -2.23. The predicted octanol–water partition coefficient (Wildman–Crippen LogP) is 3.28. The quantitative estimate of drug-likeness (QED) is 0.842. The maximum Gasteiger partial charge on any atom is 0.129 e. The summed E-state index contributed by atoms with van der Waals surface area (Å²) in [6, 6.07) is 11.5. The molecule has 2 N–H and O–H groups in total. The second kappa shape index (κ2) is 7.12. The Kier molecular flexibility index (Phi) is 5.21. The van der Waals surface area contributed by atoms with Gasteiger partial charge in [-0.15, -0.1) is 0 Å². The minimum atomic E-state index is -0.180. The van der Waals surface area contributed by atoms with Gasteiger partial charge < -0.3 is 19.6 Å². The SMILES string of the molecule is CCC(N)C(OCc1ccco1)c1cccc(OC)c1. The Labute approximate surface area is 119 Å². The molecule has 0 fully saturated rings. The van der Waals surface area contributed by atoms with Crippen molar-refractivity contribution in [2.24, 2.45) is 5.73 Å². The molecule has 1 heterocycles. The molecule has 0 aliphatic heterocycles. The Morgan fingerprint density at radius 1 is 1.25 bits per heavy atom. The number of ether oxygens (including phenoxy) is 2. The fraction of sp³-hybridized carbons (Fsp3) is 0.375. The van der Waals surface area contributed by atoms with Crippen LogP contribution in [0, 0.1) is 0 Å². The fourth-order valence-corrected chi connectivity index (χ4v) is 2.07. The van der Waals surface area contributed by atoms with E-state index in [0.717, 1.165) is 23.5 Å². The zero-order valence-corrected chi connectivity index (χ0v) is 11.9. The molecular weight excluding hydrogens is 254 g/mol. The van der Waals surface area contributed by atoms with Crippen molar-refractivity contribution in [3.05, 3.63) is 54.0 Å². The van der Waals surface area contributed by atoms with Crippen molar-refractivity contribution in [1.82, 2.24) is 0 Å². The summed E-state index contributed by atoms with van der Waals surface area (Å²) < 4.78 is 16.5. The monoisotopic (exact) mass is 275 g/mol. The first kappa shape index (κ1) is 14.6. The van der Waals surface area contributed by atoms with Crippen LogP contribution in [0.4, 0.5) is 0 Å². The van der Waals surface area contributed by atoms with Crippen molar-refractivity contribution < 1.29 is 13.9 Å². The average molecular weight is 275 g/mol. The normalized spacial score (nSPS) is 13.9. The third-order valence-electron chi connectivity index (χ3n) is 3.27. The molecule has 4 heteroatoms. The predicted molar refractivity (Wildman–Crippen MR) is 77.5 cm³/mol. The lowest BCUT2D eigenvalue weighted by atomic mass is 10.0. The molecule has 0 spiro atoms. The minimum Gasteiger partial charge on any atom is -0.497 e. The van der Waals surface area contributed by atoms with E-state index in [0.29, 0.717) is 6.61 Å². The van der Waals surface area contributed by atoms with Crippen LogP contribution in [-0.2, 0) is 11.3 Å². The van der Waals surface area contributed by atoms with Gasteiger partial charge in [-0.25, -0.2) is 0 Å². The van der Waals surface area contributed by atoms with Crippen LogP contribution in [-0.4, -0.2) is 13.2 Å². The third-order valence-corrected chi connectivity index (χ3v) is 3.27. The zero-order valence-electron chi connectivity index (χ0n) is 11.9. The van der Waals surface area contributed by atoms with Crippen LogP contribution in [0.1, 0.15) is 30.8 Å². The van der Waals surface area contributed by atoms with E-state index in [4.69, 9.17) is 19.6 Å². The van der Waals surface area contributed by atoms with Crippen molar-refractivity contribution in [3.8, 4) is 5.75 Å². The number of hydrogen-bond donors (Lipinski definition) is 1. The summed E-state index contributed by atoms with van der Waals surface area (Å²) in [7, 11) is 1.65. The fourth-order valence-electron chi connectivity index (χ4n) is 2.07. The Morgan fingerprint density at radius 2 is 2.10 bits per heavy atom. The molecule has 1 aromatic heterocycles. The van der Waals surface area contributed by atoms with Gasteiger partial charge in [-0.05, 0) is 36.2 Å². The van der Waals surface area contributed by atoms with Crippen LogP contribution in [0.2, 0.25) is 0 Å². The lowest BCUT2D eigenvalue weighted by molar-refractivity contribution is 0.0125. The summed E-state index contributed by atoms with van der Waals surface area (Å²) in [5.41, 5.74) is 7.20. The molecule has 1 aromatic carbocycles. The van der Waals surface area contributed by atoms with Gasteiger partial charge in [0.15, 0.2) is 0 Å². The van der Waals surface area contributed by atoms with Gasteiger partial charge in [0.05, 0.1) is 19.5 Å². The van der Waals surface area contributed by atoms with E-state index < -0.39 is 0 Å². The van der Waals surface area contributed by atoms with Gasteiger partial charge in [-0.3, -0.25) is 0 Å². The second-order valence-electron chi connectivity index (χ2n) is 4.66. The van der Waals surface area contributed by atoms with E-state index in [9.17, 15) is 0 Å². The average Bonchev–Trinajstić information content (AvgIpc) is 3.00. The van der Waals surface area contributed by atoms with Crippen molar-refractivity contribution >= 4 is 0 Å². The highest BCUT2D eigenvalue weighted by molar-refractivity contribution is 5.30. The highest BCUT2D eigenvalue weighted by Gasteiger charge is 2.20.